The number of nitrogens with zero attached hydrogens (tertiary/aromatic N) is 2. The van der Waals surface area contributed by atoms with Crippen LogP contribution in [0.4, 0.5) is 0 Å². The third-order valence-electron chi connectivity index (χ3n) is 3.13. The highest BCUT2D eigenvalue weighted by Gasteiger charge is 2.23. The van der Waals surface area contributed by atoms with Gasteiger partial charge in [0, 0.05) is 26.0 Å². The fraction of sp³-hybridized carbons (Fsp3) is 0.538. The number of pyridine rings is 1. The van der Waals surface area contributed by atoms with E-state index in [4.69, 9.17) is 0 Å². The average Bonchev–Trinajstić information content (AvgIpc) is 2.40. The quantitative estimate of drug-likeness (QED) is 0.852. The van der Waals surface area contributed by atoms with Crippen molar-refractivity contribution >= 4 is 5.91 Å². The normalized spacial score (nSPS) is 19.9. The van der Waals surface area contributed by atoms with E-state index in [1.165, 1.54) is 6.42 Å². The number of nitrogens with one attached hydrogen (secondary N) is 1. The number of piperidine rings is 1. The van der Waals surface area contributed by atoms with Crippen molar-refractivity contribution in [1.82, 2.24) is 15.2 Å². The Labute approximate surface area is 102 Å². The van der Waals surface area contributed by atoms with Gasteiger partial charge in [0.1, 0.15) is 0 Å². The Morgan fingerprint density at radius 2 is 2.47 bits per heavy atom. The molecule has 0 aromatic carbocycles. The second-order valence-corrected chi connectivity index (χ2v) is 4.56. The van der Waals surface area contributed by atoms with Crippen LogP contribution in [0.1, 0.15) is 24.8 Å². The zero-order valence-corrected chi connectivity index (χ0v) is 10.2. The summed E-state index contributed by atoms with van der Waals surface area (Å²) in [6.07, 6.45) is 6.82. The van der Waals surface area contributed by atoms with Crippen molar-refractivity contribution in [3.8, 4) is 0 Å². The predicted molar refractivity (Wildman–Crippen MR) is 66.4 cm³/mol. The molecule has 0 aliphatic carbocycles. The van der Waals surface area contributed by atoms with Crippen molar-refractivity contribution in [2.24, 2.45) is 0 Å². The zero-order valence-electron chi connectivity index (χ0n) is 10.2. The molecule has 2 rings (SSSR count). The molecule has 1 aliphatic rings. The molecule has 92 valence electrons. The smallest absolute Gasteiger partial charge is 0.239 e. The molecule has 17 heavy (non-hydrogen) atoms. The van der Waals surface area contributed by atoms with E-state index in [-0.39, 0.29) is 11.9 Å². The molecular formula is C13H19N3O. The summed E-state index contributed by atoms with van der Waals surface area (Å²) < 4.78 is 0. The SMILES string of the molecule is CN(Cc1cccnc1)C(=O)C1CCCCN1. The van der Waals surface area contributed by atoms with Gasteiger partial charge in [-0.2, -0.15) is 0 Å². The summed E-state index contributed by atoms with van der Waals surface area (Å²) in [5, 5.41) is 3.28. The highest BCUT2D eigenvalue weighted by atomic mass is 16.2. The van der Waals surface area contributed by atoms with Crippen LogP contribution in [-0.4, -0.2) is 35.4 Å². The molecule has 0 saturated carbocycles. The van der Waals surface area contributed by atoms with Gasteiger partial charge in [-0.1, -0.05) is 12.5 Å². The van der Waals surface area contributed by atoms with Crippen molar-refractivity contribution in [2.75, 3.05) is 13.6 Å². The second kappa shape index (κ2) is 5.77. The van der Waals surface area contributed by atoms with Crippen LogP contribution < -0.4 is 5.32 Å². The average molecular weight is 233 g/mol. The minimum absolute atomic E-state index is 0.00502. The van der Waals surface area contributed by atoms with E-state index in [0.29, 0.717) is 6.54 Å². The lowest BCUT2D eigenvalue weighted by Crippen LogP contribution is -2.46. The summed E-state index contributed by atoms with van der Waals surface area (Å²) in [7, 11) is 1.85. The van der Waals surface area contributed by atoms with Crippen LogP contribution >= 0.6 is 0 Å². The lowest BCUT2D eigenvalue weighted by Gasteiger charge is -2.27. The second-order valence-electron chi connectivity index (χ2n) is 4.56. The van der Waals surface area contributed by atoms with Crippen molar-refractivity contribution < 1.29 is 4.79 Å². The molecule has 1 aromatic heterocycles. The Hall–Kier alpha value is -1.42. The summed E-state index contributed by atoms with van der Waals surface area (Å²) in [4.78, 5) is 18.0. The Morgan fingerprint density at radius 1 is 1.59 bits per heavy atom. The topological polar surface area (TPSA) is 45.2 Å². The van der Waals surface area contributed by atoms with Crippen LogP contribution in [0.25, 0.3) is 0 Å². The van der Waals surface area contributed by atoms with Gasteiger partial charge in [-0.25, -0.2) is 0 Å². The molecule has 0 spiro atoms. The number of rotatable bonds is 3. The number of amides is 1. The van der Waals surface area contributed by atoms with Crippen LogP contribution in [0.2, 0.25) is 0 Å². The number of hydrogen-bond donors (Lipinski definition) is 1. The highest BCUT2D eigenvalue weighted by molar-refractivity contribution is 5.81. The summed E-state index contributed by atoms with van der Waals surface area (Å²) >= 11 is 0. The molecule has 1 fully saturated rings. The summed E-state index contributed by atoms with van der Waals surface area (Å²) in [5.74, 6) is 0.188. The van der Waals surface area contributed by atoms with Crippen molar-refractivity contribution in [1.29, 1.82) is 0 Å². The maximum Gasteiger partial charge on any atom is 0.239 e. The summed E-state index contributed by atoms with van der Waals surface area (Å²) in [5.41, 5.74) is 1.07. The first-order valence-corrected chi connectivity index (χ1v) is 6.14. The van der Waals surface area contributed by atoms with Crippen molar-refractivity contribution in [2.45, 2.75) is 31.8 Å². The van der Waals surface area contributed by atoms with Crippen LogP contribution in [0.15, 0.2) is 24.5 Å². The maximum atomic E-state index is 12.1. The first-order chi connectivity index (χ1) is 8.27. The van der Waals surface area contributed by atoms with E-state index in [2.05, 4.69) is 10.3 Å². The van der Waals surface area contributed by atoms with Gasteiger partial charge in [-0.3, -0.25) is 9.78 Å². The monoisotopic (exact) mass is 233 g/mol. The standard InChI is InChI=1S/C13H19N3O/c1-16(10-11-5-4-7-14-9-11)13(17)12-6-2-3-8-15-12/h4-5,7,9,12,15H,2-3,6,8,10H2,1H3. The van der Waals surface area contributed by atoms with Gasteiger partial charge >= 0.3 is 0 Å². The lowest BCUT2D eigenvalue weighted by atomic mass is 10.0. The Morgan fingerprint density at radius 3 is 3.12 bits per heavy atom. The van der Waals surface area contributed by atoms with E-state index in [1.807, 2.05) is 19.2 Å². The molecule has 1 N–H and O–H groups in total. The van der Waals surface area contributed by atoms with E-state index < -0.39 is 0 Å². The fourth-order valence-electron chi connectivity index (χ4n) is 2.17. The minimum Gasteiger partial charge on any atom is -0.340 e. The molecule has 1 aliphatic heterocycles. The molecule has 4 nitrogen and oxygen atoms in total. The minimum atomic E-state index is 0.00502. The predicted octanol–water partition coefficient (Wildman–Crippen LogP) is 1.18. The third kappa shape index (κ3) is 3.27. The largest absolute Gasteiger partial charge is 0.340 e. The molecule has 1 amide bonds. The van der Waals surface area contributed by atoms with Crippen LogP contribution in [0.3, 0.4) is 0 Å². The van der Waals surface area contributed by atoms with Crippen LogP contribution in [-0.2, 0) is 11.3 Å². The molecule has 4 heteroatoms. The third-order valence-corrected chi connectivity index (χ3v) is 3.13. The Bertz CT molecular complexity index is 360. The zero-order chi connectivity index (χ0) is 12.1. The molecule has 1 aromatic rings. The Kier molecular flexibility index (Phi) is 4.09. The van der Waals surface area contributed by atoms with E-state index in [1.54, 1.807) is 17.3 Å². The lowest BCUT2D eigenvalue weighted by molar-refractivity contribution is -0.133. The summed E-state index contributed by atoms with van der Waals surface area (Å²) in [6.45, 7) is 1.59. The number of likely N-dealkylation sites (N-methyl/N-ethyl adjacent to an activating group) is 1. The summed E-state index contributed by atoms with van der Waals surface area (Å²) in [6, 6.07) is 3.89. The number of hydrogen-bond acceptors (Lipinski definition) is 3. The van der Waals surface area contributed by atoms with Crippen LogP contribution in [0, 0.1) is 0 Å². The Balaban J connectivity index is 1.90. The number of carbonyl (C=O) groups is 1. The van der Waals surface area contributed by atoms with Gasteiger partial charge in [0.2, 0.25) is 5.91 Å². The number of carbonyl (C=O) groups excluding carboxylic acids is 1. The first kappa shape index (κ1) is 12.0. The first-order valence-electron chi connectivity index (χ1n) is 6.14. The molecule has 0 bridgehead atoms. The van der Waals surface area contributed by atoms with E-state index in [0.717, 1.165) is 24.9 Å². The van der Waals surface area contributed by atoms with Crippen molar-refractivity contribution in [3.63, 3.8) is 0 Å². The van der Waals surface area contributed by atoms with Gasteiger partial charge in [-0.05, 0) is 31.0 Å². The van der Waals surface area contributed by atoms with Gasteiger partial charge in [0.15, 0.2) is 0 Å². The highest BCUT2D eigenvalue weighted by Crippen LogP contribution is 2.10. The van der Waals surface area contributed by atoms with Gasteiger partial charge in [0.05, 0.1) is 6.04 Å². The molecular weight excluding hydrogens is 214 g/mol. The fourth-order valence-corrected chi connectivity index (χ4v) is 2.17. The molecule has 1 unspecified atom stereocenters. The van der Waals surface area contributed by atoms with E-state index in [9.17, 15) is 4.79 Å². The van der Waals surface area contributed by atoms with Gasteiger partial charge < -0.3 is 10.2 Å². The van der Waals surface area contributed by atoms with E-state index >= 15 is 0 Å². The van der Waals surface area contributed by atoms with Gasteiger partial charge in [-0.15, -0.1) is 0 Å². The molecule has 2 heterocycles. The van der Waals surface area contributed by atoms with Gasteiger partial charge in [0.25, 0.3) is 0 Å². The van der Waals surface area contributed by atoms with Crippen molar-refractivity contribution in [3.05, 3.63) is 30.1 Å². The molecule has 0 radical (unpaired) electrons. The maximum absolute atomic E-state index is 12.1. The molecule has 1 saturated heterocycles. The number of aromatic nitrogens is 1. The van der Waals surface area contributed by atoms with Crippen LogP contribution in [0.5, 0.6) is 0 Å². The molecule has 1 atom stereocenters.